The number of hydrogen-bond donors (Lipinski definition) is 5. The maximum Gasteiger partial charge on any atom is 0.326 e. The Morgan fingerprint density at radius 3 is 2.80 bits per heavy atom. The number of nitrogens with zero attached hydrogens (tertiary/aromatic N) is 1. The minimum Gasteiger partial charge on any atom is -0.480 e. The van der Waals surface area contributed by atoms with Gasteiger partial charge in [-0.05, 0) is 25.3 Å². The van der Waals surface area contributed by atoms with E-state index in [1.54, 1.807) is 6.20 Å². The van der Waals surface area contributed by atoms with Gasteiger partial charge in [0, 0.05) is 25.3 Å². The molecule has 8 heteroatoms. The minimum atomic E-state index is -1.16. The highest BCUT2D eigenvalue weighted by Gasteiger charge is 2.18. The number of aromatic amines is 1. The first-order valence-electron chi connectivity index (χ1n) is 6.41. The first kappa shape index (κ1) is 16.0. The summed E-state index contributed by atoms with van der Waals surface area (Å²) in [6.07, 6.45) is 3.24. The van der Waals surface area contributed by atoms with Crippen LogP contribution in [-0.2, 0) is 11.2 Å². The molecule has 1 rings (SSSR count). The van der Waals surface area contributed by atoms with Gasteiger partial charge in [-0.15, -0.1) is 0 Å². The minimum absolute atomic E-state index is 0.0169. The lowest BCUT2D eigenvalue weighted by atomic mass is 10.1. The number of urea groups is 1. The number of aliphatic hydroxyl groups excluding tert-OH is 1. The van der Waals surface area contributed by atoms with Crippen LogP contribution in [0.1, 0.15) is 24.1 Å². The van der Waals surface area contributed by atoms with Crippen molar-refractivity contribution >= 4 is 12.0 Å². The highest BCUT2D eigenvalue weighted by molar-refractivity contribution is 5.82. The maximum absolute atomic E-state index is 11.5. The predicted molar refractivity (Wildman–Crippen MR) is 71.3 cm³/mol. The summed E-state index contributed by atoms with van der Waals surface area (Å²) >= 11 is 0. The fourth-order valence-electron chi connectivity index (χ4n) is 1.70. The Hall–Kier alpha value is -2.09. The van der Waals surface area contributed by atoms with Crippen molar-refractivity contribution < 1.29 is 19.8 Å². The summed E-state index contributed by atoms with van der Waals surface area (Å²) in [5, 5.41) is 29.1. The van der Waals surface area contributed by atoms with Crippen LogP contribution in [0.5, 0.6) is 0 Å². The number of aliphatic carboxylic acids is 1. The highest BCUT2D eigenvalue weighted by atomic mass is 16.4. The number of carboxylic acids is 1. The Labute approximate surface area is 116 Å². The van der Waals surface area contributed by atoms with Crippen molar-refractivity contribution in [2.24, 2.45) is 0 Å². The molecule has 1 heterocycles. The molecule has 1 aromatic rings. The van der Waals surface area contributed by atoms with Crippen LogP contribution in [0, 0.1) is 6.92 Å². The first-order valence-corrected chi connectivity index (χ1v) is 6.41. The van der Waals surface area contributed by atoms with Gasteiger partial charge in [-0.2, -0.15) is 5.10 Å². The van der Waals surface area contributed by atoms with Crippen molar-refractivity contribution in [3.63, 3.8) is 0 Å². The number of amides is 2. The normalized spacial score (nSPS) is 11.9. The fourth-order valence-corrected chi connectivity index (χ4v) is 1.70. The molecule has 1 atom stereocenters. The van der Waals surface area contributed by atoms with Crippen molar-refractivity contribution in [2.75, 3.05) is 13.2 Å². The van der Waals surface area contributed by atoms with Crippen LogP contribution in [0.3, 0.4) is 0 Å². The Morgan fingerprint density at radius 1 is 1.50 bits per heavy atom. The second-order valence-electron chi connectivity index (χ2n) is 4.43. The van der Waals surface area contributed by atoms with Crippen LogP contribution in [0.25, 0.3) is 0 Å². The summed E-state index contributed by atoms with van der Waals surface area (Å²) in [4.78, 5) is 22.3. The van der Waals surface area contributed by atoms with Gasteiger partial charge in [0.05, 0.1) is 6.20 Å². The van der Waals surface area contributed by atoms with E-state index in [9.17, 15) is 9.59 Å². The summed E-state index contributed by atoms with van der Waals surface area (Å²) in [6, 6.07) is -1.62. The number of carbonyl (C=O) groups excluding carboxylic acids is 1. The molecule has 2 amide bonds. The van der Waals surface area contributed by atoms with E-state index >= 15 is 0 Å². The number of aryl methyl sites for hydroxylation is 2. The van der Waals surface area contributed by atoms with Crippen molar-refractivity contribution in [1.82, 2.24) is 20.8 Å². The topological polar surface area (TPSA) is 127 Å². The van der Waals surface area contributed by atoms with Gasteiger partial charge in [0.25, 0.3) is 0 Å². The molecule has 0 aromatic carbocycles. The van der Waals surface area contributed by atoms with E-state index in [4.69, 9.17) is 10.2 Å². The third kappa shape index (κ3) is 5.27. The fraction of sp³-hybridized carbons (Fsp3) is 0.583. The van der Waals surface area contributed by atoms with E-state index < -0.39 is 18.0 Å². The molecule has 0 aliphatic heterocycles. The van der Waals surface area contributed by atoms with Gasteiger partial charge in [-0.25, -0.2) is 9.59 Å². The Balaban J connectivity index is 2.22. The van der Waals surface area contributed by atoms with Crippen molar-refractivity contribution in [1.29, 1.82) is 0 Å². The molecule has 0 spiro atoms. The molecule has 0 fully saturated rings. The lowest BCUT2D eigenvalue weighted by Crippen LogP contribution is -2.46. The van der Waals surface area contributed by atoms with Crippen molar-refractivity contribution in [2.45, 2.75) is 32.2 Å². The number of H-pyrrole nitrogens is 1. The molecule has 0 saturated carbocycles. The number of rotatable bonds is 8. The van der Waals surface area contributed by atoms with Crippen LogP contribution in [0.2, 0.25) is 0 Å². The van der Waals surface area contributed by atoms with Crippen LogP contribution >= 0.6 is 0 Å². The summed E-state index contributed by atoms with van der Waals surface area (Å²) in [5.74, 6) is -1.16. The van der Waals surface area contributed by atoms with Gasteiger partial charge < -0.3 is 20.8 Å². The molecule has 1 aromatic heterocycles. The number of carbonyl (C=O) groups is 2. The van der Waals surface area contributed by atoms with Crippen molar-refractivity contribution in [3.05, 3.63) is 17.5 Å². The van der Waals surface area contributed by atoms with Gasteiger partial charge in [0.15, 0.2) is 0 Å². The summed E-state index contributed by atoms with van der Waals surface area (Å²) in [6.45, 7) is 2.06. The zero-order valence-corrected chi connectivity index (χ0v) is 11.3. The molecule has 0 unspecified atom stereocenters. The largest absolute Gasteiger partial charge is 0.480 e. The number of aromatic nitrogens is 2. The lowest BCUT2D eigenvalue weighted by molar-refractivity contribution is -0.139. The van der Waals surface area contributed by atoms with E-state index in [1.807, 2.05) is 6.92 Å². The van der Waals surface area contributed by atoms with E-state index in [-0.39, 0.29) is 13.0 Å². The van der Waals surface area contributed by atoms with Gasteiger partial charge in [-0.3, -0.25) is 5.10 Å². The molecule has 5 N–H and O–H groups in total. The van der Waals surface area contributed by atoms with Gasteiger partial charge >= 0.3 is 12.0 Å². The Bertz CT molecular complexity index is 446. The predicted octanol–water partition coefficient (Wildman–Crippen LogP) is -0.214. The van der Waals surface area contributed by atoms with E-state index in [0.29, 0.717) is 6.54 Å². The summed E-state index contributed by atoms with van der Waals surface area (Å²) < 4.78 is 0. The Morgan fingerprint density at radius 2 is 2.25 bits per heavy atom. The first-order chi connectivity index (χ1) is 9.54. The zero-order valence-electron chi connectivity index (χ0n) is 11.3. The van der Waals surface area contributed by atoms with E-state index in [1.165, 1.54) is 0 Å². The standard InChI is InChI=1S/C12H20N4O4/c1-8-9(7-14-16-8)3-2-5-13-12(20)15-10(4-6-17)11(18)19/h7,10,17H,2-6H2,1H3,(H,14,16)(H,18,19)(H2,13,15,20)/t10-/m0/s1. The van der Waals surface area contributed by atoms with Crippen LogP contribution in [-0.4, -0.2) is 51.6 Å². The number of nitrogens with one attached hydrogen (secondary N) is 3. The SMILES string of the molecule is Cc1[nH]ncc1CCCNC(=O)N[C@@H](CCO)C(=O)O. The quantitative estimate of drug-likeness (QED) is 0.422. The maximum atomic E-state index is 11.5. The third-order valence-electron chi connectivity index (χ3n) is 2.86. The monoisotopic (exact) mass is 284 g/mol. The lowest BCUT2D eigenvalue weighted by Gasteiger charge is -2.13. The smallest absolute Gasteiger partial charge is 0.326 e. The van der Waals surface area contributed by atoms with Crippen LogP contribution in [0.4, 0.5) is 4.79 Å². The second kappa shape index (κ2) is 8.16. The zero-order chi connectivity index (χ0) is 15.0. The number of carboxylic acid groups (broad SMARTS) is 1. The Kier molecular flexibility index (Phi) is 6.51. The molecular formula is C12H20N4O4. The molecule has 0 saturated heterocycles. The molecule has 20 heavy (non-hydrogen) atoms. The molecule has 8 nitrogen and oxygen atoms in total. The molecule has 0 radical (unpaired) electrons. The van der Waals surface area contributed by atoms with Gasteiger partial charge in [-0.1, -0.05) is 0 Å². The third-order valence-corrected chi connectivity index (χ3v) is 2.86. The summed E-state index contributed by atoms with van der Waals surface area (Å²) in [7, 11) is 0. The average molecular weight is 284 g/mol. The average Bonchev–Trinajstić information content (AvgIpc) is 2.80. The summed E-state index contributed by atoms with van der Waals surface area (Å²) in [5.41, 5.74) is 2.10. The van der Waals surface area contributed by atoms with Crippen LogP contribution in [0.15, 0.2) is 6.20 Å². The molecule has 0 aliphatic rings. The number of hydrogen-bond acceptors (Lipinski definition) is 4. The second-order valence-corrected chi connectivity index (χ2v) is 4.43. The molecule has 0 aliphatic carbocycles. The van der Waals surface area contributed by atoms with Gasteiger partial charge in [0.2, 0.25) is 0 Å². The highest BCUT2D eigenvalue weighted by Crippen LogP contribution is 2.04. The molecule has 0 bridgehead atoms. The molecular weight excluding hydrogens is 264 g/mol. The van der Waals surface area contributed by atoms with Gasteiger partial charge in [0.1, 0.15) is 6.04 Å². The van der Waals surface area contributed by atoms with E-state index in [0.717, 1.165) is 24.1 Å². The molecule has 112 valence electrons. The van der Waals surface area contributed by atoms with Crippen molar-refractivity contribution in [3.8, 4) is 0 Å². The van der Waals surface area contributed by atoms with Crippen LogP contribution < -0.4 is 10.6 Å². The van der Waals surface area contributed by atoms with E-state index in [2.05, 4.69) is 20.8 Å². The number of aliphatic hydroxyl groups is 1.